The third kappa shape index (κ3) is 3.01. The summed E-state index contributed by atoms with van der Waals surface area (Å²) in [4.78, 5) is 1.24. The van der Waals surface area contributed by atoms with E-state index in [9.17, 15) is 0 Å². The number of hydrogen-bond acceptors (Lipinski definition) is 5. The summed E-state index contributed by atoms with van der Waals surface area (Å²) < 4.78 is 8.97. The molecular weight excluding hydrogens is 198 g/mol. The van der Waals surface area contributed by atoms with Gasteiger partial charge in [-0.2, -0.15) is 0 Å². The lowest BCUT2D eigenvalue weighted by atomic mass is 10.1. The Hall–Kier alpha value is -0.520. The summed E-state index contributed by atoms with van der Waals surface area (Å²) in [5.41, 5.74) is 1.03. The molecule has 1 atom stereocenters. The van der Waals surface area contributed by atoms with Gasteiger partial charge in [-0.25, -0.2) is 0 Å². The molecule has 4 nitrogen and oxygen atoms in total. The van der Waals surface area contributed by atoms with Gasteiger partial charge in [-0.1, -0.05) is 4.49 Å². The Morgan fingerprint density at radius 3 is 2.86 bits per heavy atom. The van der Waals surface area contributed by atoms with Gasteiger partial charge in [0.15, 0.2) is 0 Å². The van der Waals surface area contributed by atoms with E-state index in [0.29, 0.717) is 6.04 Å². The van der Waals surface area contributed by atoms with Gasteiger partial charge in [-0.15, -0.1) is 5.10 Å². The van der Waals surface area contributed by atoms with E-state index in [-0.39, 0.29) is 0 Å². The highest BCUT2D eigenvalue weighted by atomic mass is 32.1. The van der Waals surface area contributed by atoms with Gasteiger partial charge in [0.05, 0.1) is 10.6 Å². The number of rotatable bonds is 6. The first-order chi connectivity index (χ1) is 6.79. The number of nitrogens with zero attached hydrogens (tertiary/aromatic N) is 2. The van der Waals surface area contributed by atoms with Gasteiger partial charge in [-0.05, 0) is 38.3 Å². The molecule has 0 saturated carbocycles. The maximum absolute atomic E-state index is 5.03. The standard InChI is InChI=1S/C9H17N3OS/c1-7-9(14-12-11-7)8(10-2)5-4-6-13-3/h8,10H,4-6H2,1-3H3. The molecule has 1 aromatic heterocycles. The molecule has 0 bridgehead atoms. The quantitative estimate of drug-likeness (QED) is 0.731. The Morgan fingerprint density at radius 2 is 2.36 bits per heavy atom. The van der Waals surface area contributed by atoms with Gasteiger partial charge in [-0.3, -0.25) is 0 Å². The largest absolute Gasteiger partial charge is 0.385 e. The second-order valence-corrected chi connectivity index (χ2v) is 3.98. The molecule has 0 aliphatic heterocycles. The van der Waals surface area contributed by atoms with E-state index in [1.54, 1.807) is 7.11 Å². The molecule has 0 aliphatic rings. The minimum absolute atomic E-state index is 0.366. The van der Waals surface area contributed by atoms with E-state index < -0.39 is 0 Å². The Morgan fingerprint density at radius 1 is 1.57 bits per heavy atom. The summed E-state index contributed by atoms with van der Waals surface area (Å²) in [6.45, 7) is 2.81. The summed E-state index contributed by atoms with van der Waals surface area (Å²) >= 11 is 1.48. The van der Waals surface area contributed by atoms with Crippen LogP contribution in [-0.2, 0) is 4.74 Å². The highest BCUT2D eigenvalue weighted by Crippen LogP contribution is 2.23. The molecule has 1 N–H and O–H groups in total. The first-order valence-corrected chi connectivity index (χ1v) is 5.52. The lowest BCUT2D eigenvalue weighted by Gasteiger charge is -2.13. The first kappa shape index (κ1) is 11.6. The minimum Gasteiger partial charge on any atom is -0.385 e. The fraction of sp³-hybridized carbons (Fsp3) is 0.778. The monoisotopic (exact) mass is 215 g/mol. The van der Waals surface area contributed by atoms with Crippen LogP contribution in [0.25, 0.3) is 0 Å². The Kier molecular flexibility index (Phi) is 5.00. The van der Waals surface area contributed by atoms with Crippen LogP contribution in [0.15, 0.2) is 0 Å². The molecule has 5 heteroatoms. The first-order valence-electron chi connectivity index (χ1n) is 4.74. The van der Waals surface area contributed by atoms with E-state index in [1.165, 1.54) is 16.4 Å². The number of aryl methyl sites for hydroxylation is 1. The summed E-state index contributed by atoms with van der Waals surface area (Å²) in [6.07, 6.45) is 2.12. The van der Waals surface area contributed by atoms with Crippen LogP contribution in [-0.4, -0.2) is 30.4 Å². The van der Waals surface area contributed by atoms with E-state index in [0.717, 1.165) is 25.1 Å². The molecule has 0 amide bonds. The van der Waals surface area contributed by atoms with E-state index in [4.69, 9.17) is 4.74 Å². The SMILES string of the molecule is CNC(CCCOC)c1snnc1C. The third-order valence-electron chi connectivity index (χ3n) is 2.19. The molecule has 1 unspecified atom stereocenters. The normalized spacial score (nSPS) is 13.1. The summed E-state index contributed by atoms with van der Waals surface area (Å²) in [5, 5.41) is 7.29. The van der Waals surface area contributed by atoms with Crippen molar-refractivity contribution in [1.82, 2.24) is 14.9 Å². The molecule has 80 valence electrons. The van der Waals surface area contributed by atoms with Gasteiger partial charge >= 0.3 is 0 Å². The molecule has 0 fully saturated rings. The van der Waals surface area contributed by atoms with E-state index >= 15 is 0 Å². The molecule has 1 rings (SSSR count). The van der Waals surface area contributed by atoms with Gasteiger partial charge in [0.1, 0.15) is 0 Å². The van der Waals surface area contributed by atoms with Crippen molar-refractivity contribution < 1.29 is 4.74 Å². The predicted octanol–water partition coefficient (Wildman–Crippen LogP) is 1.53. The van der Waals surface area contributed by atoms with Crippen molar-refractivity contribution in [2.75, 3.05) is 20.8 Å². The van der Waals surface area contributed by atoms with Crippen LogP contribution in [0.5, 0.6) is 0 Å². The Bertz CT molecular complexity index is 264. The lowest BCUT2D eigenvalue weighted by Crippen LogP contribution is -2.16. The van der Waals surface area contributed by atoms with Crippen molar-refractivity contribution >= 4 is 11.5 Å². The van der Waals surface area contributed by atoms with E-state index in [1.807, 2.05) is 14.0 Å². The van der Waals surface area contributed by atoms with Crippen molar-refractivity contribution in [3.63, 3.8) is 0 Å². The molecule has 0 saturated heterocycles. The van der Waals surface area contributed by atoms with Crippen molar-refractivity contribution in [2.24, 2.45) is 0 Å². The lowest BCUT2D eigenvalue weighted by molar-refractivity contribution is 0.189. The molecule has 0 radical (unpaired) electrons. The Balaban J connectivity index is 2.50. The third-order valence-corrected chi connectivity index (χ3v) is 3.13. The van der Waals surface area contributed by atoms with Crippen LogP contribution in [0.4, 0.5) is 0 Å². The highest BCUT2D eigenvalue weighted by molar-refractivity contribution is 7.05. The van der Waals surface area contributed by atoms with Crippen LogP contribution >= 0.6 is 11.5 Å². The van der Waals surface area contributed by atoms with Gasteiger partial charge < -0.3 is 10.1 Å². The topological polar surface area (TPSA) is 47.0 Å². The average molecular weight is 215 g/mol. The number of aromatic nitrogens is 2. The van der Waals surface area contributed by atoms with Crippen LogP contribution < -0.4 is 5.32 Å². The van der Waals surface area contributed by atoms with Gasteiger partial charge in [0, 0.05) is 19.8 Å². The molecule has 14 heavy (non-hydrogen) atoms. The highest BCUT2D eigenvalue weighted by Gasteiger charge is 2.14. The second-order valence-electron chi connectivity index (χ2n) is 3.20. The summed E-state index contributed by atoms with van der Waals surface area (Å²) in [6, 6.07) is 0.366. The smallest absolute Gasteiger partial charge is 0.0772 e. The number of ether oxygens (including phenoxy) is 1. The van der Waals surface area contributed by atoms with Crippen LogP contribution in [0.2, 0.25) is 0 Å². The van der Waals surface area contributed by atoms with Crippen LogP contribution in [0.3, 0.4) is 0 Å². The van der Waals surface area contributed by atoms with E-state index in [2.05, 4.69) is 14.9 Å². The molecule has 1 aromatic rings. The maximum Gasteiger partial charge on any atom is 0.0772 e. The average Bonchev–Trinajstić information content (AvgIpc) is 2.60. The summed E-state index contributed by atoms with van der Waals surface area (Å²) in [7, 11) is 3.70. The molecule has 0 aromatic carbocycles. The van der Waals surface area contributed by atoms with Crippen LogP contribution in [0.1, 0.15) is 29.5 Å². The fourth-order valence-electron chi connectivity index (χ4n) is 1.40. The summed E-state index contributed by atoms with van der Waals surface area (Å²) in [5.74, 6) is 0. The predicted molar refractivity (Wildman–Crippen MR) is 57.6 cm³/mol. The number of methoxy groups -OCH3 is 1. The van der Waals surface area contributed by atoms with Crippen molar-refractivity contribution in [3.05, 3.63) is 10.6 Å². The van der Waals surface area contributed by atoms with Crippen molar-refractivity contribution in [1.29, 1.82) is 0 Å². The number of hydrogen-bond donors (Lipinski definition) is 1. The zero-order valence-corrected chi connectivity index (χ0v) is 9.73. The molecule has 1 heterocycles. The van der Waals surface area contributed by atoms with Crippen molar-refractivity contribution in [3.8, 4) is 0 Å². The Labute approximate surface area is 88.8 Å². The van der Waals surface area contributed by atoms with Gasteiger partial charge in [0.25, 0.3) is 0 Å². The number of nitrogens with one attached hydrogen (secondary N) is 1. The molecule has 0 aliphatic carbocycles. The fourth-order valence-corrected chi connectivity index (χ4v) is 2.18. The zero-order valence-electron chi connectivity index (χ0n) is 8.91. The maximum atomic E-state index is 5.03. The molecule has 0 spiro atoms. The van der Waals surface area contributed by atoms with Gasteiger partial charge in [0.2, 0.25) is 0 Å². The van der Waals surface area contributed by atoms with Crippen LogP contribution in [0, 0.1) is 6.92 Å². The minimum atomic E-state index is 0.366. The second kappa shape index (κ2) is 6.06. The zero-order chi connectivity index (χ0) is 10.4. The van der Waals surface area contributed by atoms with Crippen molar-refractivity contribution in [2.45, 2.75) is 25.8 Å². The molecular formula is C9H17N3OS.